The summed E-state index contributed by atoms with van der Waals surface area (Å²) in [6.07, 6.45) is 3.80. The van der Waals surface area contributed by atoms with Crippen LogP contribution >= 0.6 is 12.4 Å². The van der Waals surface area contributed by atoms with Gasteiger partial charge in [0.2, 0.25) is 5.89 Å². The number of hydrogen-bond donors (Lipinski definition) is 1. The summed E-state index contributed by atoms with van der Waals surface area (Å²) in [6.45, 7) is 6.30. The summed E-state index contributed by atoms with van der Waals surface area (Å²) in [4.78, 5) is 4.57. The highest BCUT2D eigenvalue weighted by Gasteiger charge is 2.49. The van der Waals surface area contributed by atoms with Gasteiger partial charge in [-0.05, 0) is 31.1 Å². The first-order valence-electron chi connectivity index (χ1n) is 6.56. The predicted octanol–water partition coefficient (Wildman–Crippen LogP) is 2.63. The molecule has 3 rings (SSSR count). The Morgan fingerprint density at radius 1 is 1.22 bits per heavy atom. The van der Waals surface area contributed by atoms with Gasteiger partial charge < -0.3 is 10.3 Å². The minimum absolute atomic E-state index is 0. The molecule has 1 heterocycles. The molecule has 0 amide bonds. The van der Waals surface area contributed by atoms with Crippen molar-refractivity contribution in [2.45, 2.75) is 57.4 Å². The van der Waals surface area contributed by atoms with Gasteiger partial charge in [0.15, 0.2) is 5.82 Å². The normalized spacial score (nSPS) is 34.7. The number of hydrogen-bond acceptors (Lipinski definition) is 4. The van der Waals surface area contributed by atoms with Crippen LogP contribution in [0.3, 0.4) is 0 Å². The quantitative estimate of drug-likeness (QED) is 0.853. The van der Waals surface area contributed by atoms with Gasteiger partial charge in [-0.25, -0.2) is 0 Å². The van der Waals surface area contributed by atoms with Gasteiger partial charge in [-0.2, -0.15) is 4.98 Å². The van der Waals surface area contributed by atoms with E-state index in [4.69, 9.17) is 10.3 Å². The van der Waals surface area contributed by atoms with Crippen LogP contribution in [0.15, 0.2) is 4.52 Å². The molecule has 0 saturated heterocycles. The van der Waals surface area contributed by atoms with Gasteiger partial charge in [0.25, 0.3) is 0 Å². The number of halogens is 1. The second-order valence-electron chi connectivity index (χ2n) is 6.64. The van der Waals surface area contributed by atoms with E-state index in [0.29, 0.717) is 17.8 Å². The molecule has 5 heteroatoms. The van der Waals surface area contributed by atoms with Crippen LogP contribution < -0.4 is 5.73 Å². The highest BCUT2D eigenvalue weighted by Crippen LogP contribution is 2.51. The zero-order chi connectivity index (χ0) is 12.2. The first-order valence-corrected chi connectivity index (χ1v) is 6.56. The molecule has 2 saturated carbocycles. The summed E-state index contributed by atoms with van der Waals surface area (Å²) in [5.41, 5.74) is 6.23. The Hall–Kier alpha value is -0.610. The lowest BCUT2D eigenvalue weighted by Gasteiger charge is -2.24. The standard InChI is InChI=1S/C13H21N3O.ClH/c1-13(2,3)12-15-11(17-16-12)9-7-4-5-8(6-7)10(9)14;/h7-10H,4-6,14H2,1-3H3;1H. The largest absolute Gasteiger partial charge is 0.339 e. The number of nitrogens with two attached hydrogens (primary N) is 1. The third kappa shape index (κ3) is 2.05. The molecule has 0 aliphatic heterocycles. The van der Waals surface area contributed by atoms with Gasteiger partial charge in [0.05, 0.1) is 5.92 Å². The first-order chi connectivity index (χ1) is 7.97. The van der Waals surface area contributed by atoms with E-state index in [0.717, 1.165) is 11.7 Å². The summed E-state index contributed by atoms with van der Waals surface area (Å²) in [5.74, 6) is 3.22. The maximum absolute atomic E-state index is 6.29. The van der Waals surface area contributed by atoms with Crippen LogP contribution in [0.1, 0.15) is 57.7 Å². The fourth-order valence-corrected chi connectivity index (χ4v) is 3.38. The van der Waals surface area contributed by atoms with Crippen LogP contribution in [0.5, 0.6) is 0 Å². The zero-order valence-electron chi connectivity index (χ0n) is 11.2. The molecule has 2 aliphatic carbocycles. The van der Waals surface area contributed by atoms with Crippen molar-refractivity contribution in [2.24, 2.45) is 17.6 Å². The van der Waals surface area contributed by atoms with E-state index in [9.17, 15) is 0 Å². The monoisotopic (exact) mass is 271 g/mol. The first kappa shape index (κ1) is 13.8. The van der Waals surface area contributed by atoms with Crippen LogP contribution in [0.25, 0.3) is 0 Å². The van der Waals surface area contributed by atoms with Crippen molar-refractivity contribution < 1.29 is 4.52 Å². The molecule has 2 aliphatic rings. The molecule has 1 aromatic rings. The summed E-state index contributed by atoms with van der Waals surface area (Å²) < 4.78 is 5.46. The lowest BCUT2D eigenvalue weighted by atomic mass is 9.85. The van der Waals surface area contributed by atoms with Crippen LogP contribution in [-0.2, 0) is 5.41 Å². The lowest BCUT2D eigenvalue weighted by Crippen LogP contribution is -2.34. The molecule has 0 aromatic carbocycles. The van der Waals surface area contributed by atoms with E-state index < -0.39 is 0 Å². The van der Waals surface area contributed by atoms with Crippen LogP contribution in [0.2, 0.25) is 0 Å². The fraction of sp³-hybridized carbons (Fsp3) is 0.846. The Morgan fingerprint density at radius 3 is 2.39 bits per heavy atom. The average molecular weight is 272 g/mol. The van der Waals surface area contributed by atoms with Crippen molar-refractivity contribution >= 4 is 12.4 Å². The molecule has 4 atom stereocenters. The van der Waals surface area contributed by atoms with Gasteiger partial charge in [-0.15, -0.1) is 12.4 Å². The van der Waals surface area contributed by atoms with E-state index in [2.05, 4.69) is 30.9 Å². The van der Waals surface area contributed by atoms with Crippen LogP contribution in [0.4, 0.5) is 0 Å². The van der Waals surface area contributed by atoms with Gasteiger partial charge >= 0.3 is 0 Å². The van der Waals surface area contributed by atoms with E-state index in [1.165, 1.54) is 19.3 Å². The topological polar surface area (TPSA) is 64.9 Å². The Bertz CT molecular complexity index is 424. The van der Waals surface area contributed by atoms with E-state index in [1.807, 2.05) is 0 Å². The molecule has 1 aromatic heterocycles. The van der Waals surface area contributed by atoms with Crippen molar-refractivity contribution in [3.8, 4) is 0 Å². The van der Waals surface area contributed by atoms with Gasteiger partial charge in [0, 0.05) is 11.5 Å². The Labute approximate surface area is 114 Å². The van der Waals surface area contributed by atoms with Gasteiger partial charge in [-0.1, -0.05) is 25.9 Å². The molecule has 102 valence electrons. The zero-order valence-corrected chi connectivity index (χ0v) is 12.0. The van der Waals surface area contributed by atoms with Crippen LogP contribution in [-0.4, -0.2) is 16.2 Å². The van der Waals surface area contributed by atoms with E-state index >= 15 is 0 Å². The maximum Gasteiger partial charge on any atom is 0.231 e. The minimum atomic E-state index is -0.0521. The number of rotatable bonds is 1. The number of fused-ring (bicyclic) bond motifs is 2. The second kappa shape index (κ2) is 4.49. The van der Waals surface area contributed by atoms with Crippen molar-refractivity contribution in [1.29, 1.82) is 0 Å². The minimum Gasteiger partial charge on any atom is -0.339 e. The Morgan fingerprint density at radius 2 is 1.89 bits per heavy atom. The molecule has 2 fully saturated rings. The summed E-state index contributed by atoms with van der Waals surface area (Å²) in [7, 11) is 0. The Balaban J connectivity index is 0.00000120. The SMILES string of the molecule is CC(C)(C)c1noc(C2C3CCC(C3)C2N)n1.Cl. The average Bonchev–Trinajstić information content (AvgIpc) is 2.87. The van der Waals surface area contributed by atoms with Crippen molar-refractivity contribution in [2.75, 3.05) is 0 Å². The third-order valence-corrected chi connectivity index (χ3v) is 4.38. The highest BCUT2D eigenvalue weighted by molar-refractivity contribution is 5.85. The maximum atomic E-state index is 6.29. The molecule has 0 radical (unpaired) electrons. The van der Waals surface area contributed by atoms with Crippen molar-refractivity contribution in [3.05, 3.63) is 11.7 Å². The van der Waals surface area contributed by atoms with Gasteiger partial charge in [-0.3, -0.25) is 0 Å². The third-order valence-electron chi connectivity index (χ3n) is 4.38. The van der Waals surface area contributed by atoms with E-state index in [-0.39, 0.29) is 23.9 Å². The molecule has 18 heavy (non-hydrogen) atoms. The van der Waals surface area contributed by atoms with Crippen molar-refractivity contribution in [3.63, 3.8) is 0 Å². The molecule has 0 spiro atoms. The lowest BCUT2D eigenvalue weighted by molar-refractivity contribution is 0.277. The molecular formula is C13H22ClN3O. The smallest absolute Gasteiger partial charge is 0.231 e. The number of nitrogens with zero attached hydrogens (tertiary/aromatic N) is 2. The predicted molar refractivity (Wildman–Crippen MR) is 71.8 cm³/mol. The summed E-state index contributed by atoms with van der Waals surface area (Å²) in [6, 6.07) is 0.224. The van der Waals surface area contributed by atoms with E-state index in [1.54, 1.807) is 0 Å². The molecule has 4 unspecified atom stereocenters. The molecule has 4 nitrogen and oxygen atoms in total. The fourth-order valence-electron chi connectivity index (χ4n) is 3.38. The van der Waals surface area contributed by atoms with Crippen molar-refractivity contribution in [1.82, 2.24) is 10.1 Å². The van der Waals surface area contributed by atoms with Crippen LogP contribution in [0, 0.1) is 11.8 Å². The number of aromatic nitrogens is 2. The summed E-state index contributed by atoms with van der Waals surface area (Å²) >= 11 is 0. The molecule has 2 bridgehead atoms. The Kier molecular flexibility index (Phi) is 3.45. The second-order valence-corrected chi connectivity index (χ2v) is 6.64. The molecule has 2 N–H and O–H groups in total. The van der Waals surface area contributed by atoms with Gasteiger partial charge in [0.1, 0.15) is 0 Å². The summed E-state index contributed by atoms with van der Waals surface area (Å²) in [5, 5.41) is 4.11. The molecular weight excluding hydrogens is 250 g/mol. The highest BCUT2D eigenvalue weighted by atomic mass is 35.5.